The Morgan fingerprint density at radius 1 is 1.12 bits per heavy atom. The standard InChI is InChI=1S/C12H9Cl3O/c13-8-1-2-11(12(15)6-8)7-3-9(14)5-10(16)4-7/h1-2,5-7H,3-4H2. The van der Waals surface area contributed by atoms with Crippen molar-refractivity contribution in [2.24, 2.45) is 0 Å². The molecule has 1 aliphatic carbocycles. The van der Waals surface area contributed by atoms with Gasteiger partial charge in [0.05, 0.1) is 0 Å². The molecule has 0 spiro atoms. The number of rotatable bonds is 1. The minimum Gasteiger partial charge on any atom is -0.295 e. The molecular weight excluding hydrogens is 266 g/mol. The van der Waals surface area contributed by atoms with Crippen LogP contribution in [-0.2, 0) is 4.79 Å². The lowest BCUT2D eigenvalue weighted by molar-refractivity contribution is -0.115. The maximum atomic E-state index is 11.4. The van der Waals surface area contributed by atoms with Crippen molar-refractivity contribution >= 4 is 40.6 Å². The average molecular weight is 276 g/mol. The normalized spacial score (nSPS) is 20.8. The van der Waals surface area contributed by atoms with Crippen LogP contribution in [0.1, 0.15) is 24.3 Å². The van der Waals surface area contributed by atoms with E-state index in [1.807, 2.05) is 6.07 Å². The Kier molecular flexibility index (Phi) is 3.58. The first-order chi connectivity index (χ1) is 7.56. The molecule has 0 radical (unpaired) electrons. The van der Waals surface area contributed by atoms with Crippen LogP contribution in [0.4, 0.5) is 0 Å². The van der Waals surface area contributed by atoms with Crippen LogP contribution in [0.3, 0.4) is 0 Å². The first-order valence-corrected chi connectivity index (χ1v) is 6.03. The van der Waals surface area contributed by atoms with Crippen molar-refractivity contribution in [3.63, 3.8) is 0 Å². The molecule has 2 rings (SSSR count). The number of carbonyl (C=O) groups excluding carboxylic acids is 1. The fourth-order valence-electron chi connectivity index (χ4n) is 1.90. The average Bonchev–Trinajstić information content (AvgIpc) is 2.15. The third-order valence-corrected chi connectivity index (χ3v) is 3.43. The predicted molar refractivity (Wildman–Crippen MR) is 67.4 cm³/mol. The van der Waals surface area contributed by atoms with E-state index in [-0.39, 0.29) is 11.7 Å². The fraction of sp³-hybridized carbons (Fsp3) is 0.250. The first-order valence-electron chi connectivity index (χ1n) is 4.90. The molecule has 84 valence electrons. The van der Waals surface area contributed by atoms with Crippen molar-refractivity contribution in [1.82, 2.24) is 0 Å². The molecule has 0 heterocycles. The molecule has 1 atom stereocenters. The van der Waals surface area contributed by atoms with Crippen LogP contribution in [0.5, 0.6) is 0 Å². The fourth-order valence-corrected chi connectivity index (χ4v) is 2.77. The highest BCUT2D eigenvalue weighted by atomic mass is 35.5. The zero-order chi connectivity index (χ0) is 11.7. The van der Waals surface area contributed by atoms with Gasteiger partial charge < -0.3 is 0 Å². The Hall–Kier alpha value is -0.500. The van der Waals surface area contributed by atoms with E-state index in [1.54, 1.807) is 12.1 Å². The second-order valence-electron chi connectivity index (χ2n) is 3.83. The summed E-state index contributed by atoms with van der Waals surface area (Å²) in [6.07, 6.45) is 2.61. The monoisotopic (exact) mass is 274 g/mol. The molecular formula is C12H9Cl3O. The quantitative estimate of drug-likeness (QED) is 0.734. The molecule has 0 bridgehead atoms. The van der Waals surface area contributed by atoms with Crippen LogP contribution in [0, 0.1) is 0 Å². The molecule has 0 aromatic heterocycles. The van der Waals surface area contributed by atoms with Crippen LogP contribution in [0.15, 0.2) is 29.3 Å². The Bertz CT molecular complexity index is 465. The third kappa shape index (κ3) is 2.60. The number of hydrogen-bond acceptors (Lipinski definition) is 1. The SMILES string of the molecule is O=C1C=C(Cl)CC(c2ccc(Cl)cc2Cl)C1. The van der Waals surface area contributed by atoms with Gasteiger partial charge in [-0.05, 0) is 36.1 Å². The first kappa shape index (κ1) is 12.0. The van der Waals surface area contributed by atoms with Gasteiger partial charge in [-0.25, -0.2) is 0 Å². The molecule has 1 aromatic carbocycles. The molecule has 1 nitrogen and oxygen atoms in total. The van der Waals surface area contributed by atoms with Crippen molar-refractivity contribution in [3.05, 3.63) is 44.9 Å². The summed E-state index contributed by atoms with van der Waals surface area (Å²) in [6, 6.07) is 5.33. The highest BCUT2D eigenvalue weighted by Crippen LogP contribution is 2.37. The highest BCUT2D eigenvalue weighted by Gasteiger charge is 2.23. The number of benzene rings is 1. The predicted octanol–water partition coefficient (Wildman–Crippen LogP) is 4.56. The van der Waals surface area contributed by atoms with Crippen LogP contribution >= 0.6 is 34.8 Å². The van der Waals surface area contributed by atoms with Gasteiger partial charge in [0.25, 0.3) is 0 Å². The van der Waals surface area contributed by atoms with Crippen LogP contribution < -0.4 is 0 Å². The molecule has 0 saturated carbocycles. The minimum absolute atomic E-state index is 0.0484. The van der Waals surface area contributed by atoms with E-state index < -0.39 is 0 Å². The summed E-state index contributed by atoms with van der Waals surface area (Å²) in [6.45, 7) is 0. The number of carbonyl (C=O) groups is 1. The summed E-state index contributed by atoms with van der Waals surface area (Å²) in [4.78, 5) is 11.4. The van der Waals surface area contributed by atoms with E-state index in [0.29, 0.717) is 27.9 Å². The lowest BCUT2D eigenvalue weighted by Crippen LogP contribution is -2.11. The zero-order valence-electron chi connectivity index (χ0n) is 8.34. The lowest BCUT2D eigenvalue weighted by atomic mass is 9.87. The van der Waals surface area contributed by atoms with Gasteiger partial charge in [-0.2, -0.15) is 0 Å². The highest BCUT2D eigenvalue weighted by molar-refractivity contribution is 6.35. The van der Waals surface area contributed by atoms with Gasteiger partial charge in [0, 0.05) is 21.5 Å². The summed E-state index contributed by atoms with van der Waals surface area (Å²) in [5, 5.41) is 1.78. The van der Waals surface area contributed by atoms with Gasteiger partial charge in [0.15, 0.2) is 5.78 Å². The topological polar surface area (TPSA) is 17.1 Å². The largest absolute Gasteiger partial charge is 0.295 e. The van der Waals surface area contributed by atoms with Gasteiger partial charge in [-0.15, -0.1) is 0 Å². The van der Waals surface area contributed by atoms with Gasteiger partial charge in [0.2, 0.25) is 0 Å². The summed E-state index contributed by atoms with van der Waals surface area (Å²) in [7, 11) is 0. The van der Waals surface area contributed by atoms with E-state index in [1.165, 1.54) is 6.08 Å². The minimum atomic E-state index is 0.0484. The van der Waals surface area contributed by atoms with Crippen molar-refractivity contribution in [3.8, 4) is 0 Å². The smallest absolute Gasteiger partial charge is 0.157 e. The lowest BCUT2D eigenvalue weighted by Gasteiger charge is -2.20. The van der Waals surface area contributed by atoms with Gasteiger partial charge in [-0.1, -0.05) is 40.9 Å². The molecule has 0 saturated heterocycles. The van der Waals surface area contributed by atoms with Crippen molar-refractivity contribution in [2.45, 2.75) is 18.8 Å². The number of ketones is 1. The Morgan fingerprint density at radius 2 is 1.88 bits per heavy atom. The molecule has 1 unspecified atom stereocenters. The van der Waals surface area contributed by atoms with E-state index >= 15 is 0 Å². The molecule has 0 aliphatic heterocycles. The maximum Gasteiger partial charge on any atom is 0.157 e. The number of halogens is 3. The van der Waals surface area contributed by atoms with Crippen molar-refractivity contribution < 1.29 is 4.79 Å². The molecule has 0 fully saturated rings. The Morgan fingerprint density at radius 3 is 2.50 bits per heavy atom. The van der Waals surface area contributed by atoms with E-state index in [2.05, 4.69) is 0 Å². The molecule has 0 N–H and O–H groups in total. The summed E-state index contributed by atoms with van der Waals surface area (Å²) in [5.41, 5.74) is 0.936. The van der Waals surface area contributed by atoms with E-state index in [0.717, 1.165) is 5.56 Å². The Labute approximate surface area is 109 Å². The van der Waals surface area contributed by atoms with E-state index in [4.69, 9.17) is 34.8 Å². The van der Waals surface area contributed by atoms with Gasteiger partial charge >= 0.3 is 0 Å². The zero-order valence-corrected chi connectivity index (χ0v) is 10.6. The van der Waals surface area contributed by atoms with Gasteiger partial charge in [-0.3, -0.25) is 4.79 Å². The van der Waals surface area contributed by atoms with Gasteiger partial charge in [0.1, 0.15) is 0 Å². The number of allylic oxidation sites excluding steroid dienone is 2. The molecule has 4 heteroatoms. The maximum absolute atomic E-state index is 11.4. The second kappa shape index (κ2) is 4.79. The van der Waals surface area contributed by atoms with Crippen LogP contribution in [0.25, 0.3) is 0 Å². The number of hydrogen-bond donors (Lipinski definition) is 0. The van der Waals surface area contributed by atoms with Crippen LogP contribution in [0.2, 0.25) is 10.0 Å². The summed E-state index contributed by atoms with van der Waals surface area (Å²) in [5.74, 6) is 0.113. The summed E-state index contributed by atoms with van der Waals surface area (Å²) >= 11 is 17.8. The third-order valence-electron chi connectivity index (χ3n) is 2.61. The second-order valence-corrected chi connectivity index (χ2v) is 5.16. The molecule has 1 aromatic rings. The van der Waals surface area contributed by atoms with Crippen molar-refractivity contribution in [2.75, 3.05) is 0 Å². The summed E-state index contributed by atoms with van der Waals surface area (Å²) < 4.78 is 0. The van der Waals surface area contributed by atoms with E-state index in [9.17, 15) is 4.79 Å². The van der Waals surface area contributed by atoms with Crippen LogP contribution in [-0.4, -0.2) is 5.78 Å². The molecule has 0 amide bonds. The molecule has 1 aliphatic rings. The van der Waals surface area contributed by atoms with Crippen molar-refractivity contribution in [1.29, 1.82) is 0 Å². The molecule has 16 heavy (non-hydrogen) atoms. The Balaban J connectivity index is 2.32.